The molecule has 0 amide bonds. The van der Waals surface area contributed by atoms with Crippen molar-refractivity contribution >= 4 is 35.9 Å². The van der Waals surface area contributed by atoms with Gasteiger partial charge in [0.25, 0.3) is 0 Å². The quantitative estimate of drug-likeness (QED) is 0.0647. The molecule has 0 aliphatic heterocycles. The number of ether oxygens (including phenoxy) is 7. The van der Waals surface area contributed by atoms with Gasteiger partial charge in [0.15, 0.2) is 0 Å². The maximum atomic E-state index is 10.5. The number of carbonyl (C=O) groups excluding carboxylic acids is 4. The molecule has 0 unspecified atom stereocenters. The Balaban J connectivity index is -0.000000588. The Bertz CT molecular complexity index is 1180. The van der Waals surface area contributed by atoms with E-state index in [9.17, 15) is 19.2 Å². The molecule has 298 valence electrons. The number of esters is 2. The fourth-order valence-corrected chi connectivity index (χ4v) is 3.37. The van der Waals surface area contributed by atoms with Crippen LogP contribution in [0.25, 0.3) is 11.4 Å². The van der Waals surface area contributed by atoms with Gasteiger partial charge in [0.1, 0.15) is 13.2 Å². The monoisotopic (exact) mass is 760 g/mol. The second kappa shape index (κ2) is 38.1. The zero-order valence-corrected chi connectivity index (χ0v) is 33.3. The number of hydrogen-bond acceptors (Lipinski definition) is 14. The molecule has 2 rings (SSSR count). The van der Waals surface area contributed by atoms with Gasteiger partial charge in [0, 0.05) is 43.7 Å². The van der Waals surface area contributed by atoms with Crippen LogP contribution in [0.3, 0.4) is 0 Å². The maximum absolute atomic E-state index is 10.5. The third kappa shape index (κ3) is 34.3. The standard InChI is InChI=1S/C10H9ClN2O.C7H10O5.C7H14O2.C7H16O.C6H12O3/c1-6-3-4-8(5-9(6)11)10-12-7(2)14-13-10;1-3-6(8)11-4-5-12-7(9)10-2;1-3-4-5-6-7(8)9-2;1-3-4-5-6-7-8-2;1-3-4-5-9-6(7)8-2/h3-5H,1-2H3;3H,1,4-5H2,2H3;3-6H2,1-2H3;3-7H2,1-2H3;3-5H2,1-2H3. The second-order valence-electron chi connectivity index (χ2n) is 10.5. The summed E-state index contributed by atoms with van der Waals surface area (Å²) in [6, 6.07) is 5.69. The molecule has 15 heteroatoms. The van der Waals surface area contributed by atoms with Crippen LogP contribution >= 0.6 is 11.6 Å². The Hall–Kier alpha value is -4.17. The van der Waals surface area contributed by atoms with Gasteiger partial charge in [-0.25, -0.2) is 14.4 Å². The molecule has 0 bridgehead atoms. The van der Waals surface area contributed by atoms with Crippen LogP contribution in [0.5, 0.6) is 0 Å². The fourth-order valence-electron chi connectivity index (χ4n) is 3.19. The van der Waals surface area contributed by atoms with Gasteiger partial charge in [-0.1, -0.05) is 94.8 Å². The number of aryl methyl sites for hydroxylation is 2. The van der Waals surface area contributed by atoms with Gasteiger partial charge < -0.3 is 37.7 Å². The highest BCUT2D eigenvalue weighted by atomic mass is 35.5. The lowest BCUT2D eigenvalue weighted by Gasteiger charge is -2.02. The Morgan fingerprint density at radius 2 is 1.33 bits per heavy atom. The van der Waals surface area contributed by atoms with E-state index in [0.717, 1.165) is 55.9 Å². The highest BCUT2D eigenvalue weighted by Crippen LogP contribution is 2.23. The zero-order valence-electron chi connectivity index (χ0n) is 32.6. The van der Waals surface area contributed by atoms with Crippen molar-refractivity contribution < 1.29 is 56.9 Å². The molecule has 1 heterocycles. The third-order valence-electron chi connectivity index (χ3n) is 6.14. The Labute approximate surface area is 314 Å². The molecular formula is C37H61ClN2O12. The number of rotatable bonds is 17. The number of benzene rings is 1. The van der Waals surface area contributed by atoms with Gasteiger partial charge in [0.05, 0.1) is 27.9 Å². The smallest absolute Gasteiger partial charge is 0.469 e. The minimum absolute atomic E-state index is 0.0000463. The highest BCUT2D eigenvalue weighted by molar-refractivity contribution is 6.31. The van der Waals surface area contributed by atoms with E-state index in [-0.39, 0.29) is 19.2 Å². The van der Waals surface area contributed by atoms with E-state index < -0.39 is 18.3 Å². The van der Waals surface area contributed by atoms with Gasteiger partial charge >= 0.3 is 24.2 Å². The molecule has 0 saturated heterocycles. The van der Waals surface area contributed by atoms with E-state index >= 15 is 0 Å². The molecule has 0 aliphatic carbocycles. The van der Waals surface area contributed by atoms with Crippen LogP contribution in [-0.4, -0.2) is 89.3 Å². The molecule has 1 aromatic carbocycles. The summed E-state index contributed by atoms with van der Waals surface area (Å²) in [6.45, 7) is 14.6. The summed E-state index contributed by atoms with van der Waals surface area (Å²) >= 11 is 5.98. The summed E-state index contributed by atoms with van der Waals surface area (Å²) in [5, 5.41) is 4.52. The normalized spacial score (nSPS) is 9.35. The van der Waals surface area contributed by atoms with Crippen molar-refractivity contribution in [3.05, 3.63) is 47.3 Å². The fraction of sp³-hybridized carbons (Fsp3) is 0.622. The second-order valence-corrected chi connectivity index (χ2v) is 10.9. The van der Waals surface area contributed by atoms with Crippen LogP contribution in [0.4, 0.5) is 9.59 Å². The summed E-state index contributed by atoms with van der Waals surface area (Å²) in [5.74, 6) is 0.480. The van der Waals surface area contributed by atoms with Gasteiger partial charge in [-0.2, -0.15) is 4.98 Å². The average molecular weight is 761 g/mol. The number of carbonyl (C=O) groups is 4. The van der Waals surface area contributed by atoms with Crippen LogP contribution in [-0.2, 0) is 42.7 Å². The lowest BCUT2D eigenvalue weighted by molar-refractivity contribution is -0.141. The van der Waals surface area contributed by atoms with Crippen molar-refractivity contribution in [3.63, 3.8) is 0 Å². The van der Waals surface area contributed by atoms with Crippen molar-refractivity contribution in [1.82, 2.24) is 10.1 Å². The van der Waals surface area contributed by atoms with Crippen molar-refractivity contribution in [2.75, 3.05) is 54.9 Å². The lowest BCUT2D eigenvalue weighted by atomic mass is 10.1. The number of aromatic nitrogens is 2. The Morgan fingerprint density at radius 3 is 1.81 bits per heavy atom. The Kier molecular flexibility index (Phi) is 38.2. The van der Waals surface area contributed by atoms with Crippen LogP contribution in [0, 0.1) is 13.8 Å². The van der Waals surface area contributed by atoms with Gasteiger partial charge in [-0.3, -0.25) is 4.79 Å². The van der Waals surface area contributed by atoms with Crippen molar-refractivity contribution in [3.8, 4) is 11.4 Å². The SMILES string of the molecule is C=CC(=O)OCCOC(=O)OC.CCCCCC(=O)OC.CCCCCCOC.CCCCOC(=O)OC.Cc1nc(-c2ccc(C)c(Cl)c2)no1. The molecule has 2 aromatic rings. The molecule has 0 radical (unpaired) electrons. The summed E-state index contributed by atoms with van der Waals surface area (Å²) in [7, 11) is 5.67. The topological polar surface area (TPSA) is 172 Å². The lowest BCUT2D eigenvalue weighted by Crippen LogP contribution is -2.12. The number of methoxy groups -OCH3 is 4. The first-order valence-electron chi connectivity index (χ1n) is 17.2. The van der Waals surface area contributed by atoms with E-state index in [2.05, 4.69) is 59.0 Å². The molecule has 14 nitrogen and oxygen atoms in total. The largest absolute Gasteiger partial charge is 0.508 e. The molecule has 0 aliphatic rings. The predicted molar refractivity (Wildman–Crippen MR) is 199 cm³/mol. The first kappa shape index (κ1) is 52.2. The van der Waals surface area contributed by atoms with Crippen molar-refractivity contribution in [2.24, 2.45) is 0 Å². The van der Waals surface area contributed by atoms with E-state index in [4.69, 9.17) is 20.9 Å². The van der Waals surface area contributed by atoms with Crippen molar-refractivity contribution in [1.29, 1.82) is 0 Å². The minimum Gasteiger partial charge on any atom is -0.469 e. The molecule has 0 N–H and O–H groups in total. The molecular weight excluding hydrogens is 700 g/mol. The van der Waals surface area contributed by atoms with Gasteiger partial charge in [0.2, 0.25) is 11.7 Å². The van der Waals surface area contributed by atoms with Crippen LogP contribution in [0.1, 0.15) is 96.4 Å². The van der Waals surface area contributed by atoms with Gasteiger partial charge in [-0.15, -0.1) is 0 Å². The molecule has 1 aromatic heterocycles. The van der Waals surface area contributed by atoms with E-state index in [1.165, 1.54) is 47.0 Å². The van der Waals surface area contributed by atoms with Crippen LogP contribution < -0.4 is 0 Å². The van der Waals surface area contributed by atoms with Crippen LogP contribution in [0.15, 0.2) is 35.4 Å². The van der Waals surface area contributed by atoms with Gasteiger partial charge in [-0.05, 0) is 37.8 Å². The maximum Gasteiger partial charge on any atom is 0.508 e. The van der Waals surface area contributed by atoms with E-state index in [0.29, 0.717) is 29.8 Å². The molecule has 0 atom stereocenters. The van der Waals surface area contributed by atoms with E-state index in [1.54, 1.807) is 14.0 Å². The average Bonchev–Trinajstić information content (AvgIpc) is 3.60. The number of hydrogen-bond donors (Lipinski definition) is 0. The Morgan fingerprint density at radius 1 is 0.750 bits per heavy atom. The summed E-state index contributed by atoms with van der Waals surface area (Å²) in [4.78, 5) is 45.6. The third-order valence-corrected chi connectivity index (χ3v) is 6.54. The first-order valence-corrected chi connectivity index (χ1v) is 17.6. The van der Waals surface area contributed by atoms with E-state index in [1.807, 2.05) is 32.0 Å². The van der Waals surface area contributed by atoms with Crippen molar-refractivity contribution in [2.45, 2.75) is 98.8 Å². The van der Waals surface area contributed by atoms with Crippen LogP contribution in [0.2, 0.25) is 5.02 Å². The summed E-state index contributed by atoms with van der Waals surface area (Å²) in [6.07, 6.45) is 10.6. The highest BCUT2D eigenvalue weighted by Gasteiger charge is 2.07. The number of nitrogens with zero attached hydrogens (tertiary/aromatic N) is 2. The molecule has 52 heavy (non-hydrogen) atoms. The zero-order chi connectivity index (χ0) is 40.0. The summed E-state index contributed by atoms with van der Waals surface area (Å²) in [5.41, 5.74) is 1.91. The number of halogens is 1. The molecule has 0 saturated carbocycles. The molecule has 0 spiro atoms. The first-order chi connectivity index (χ1) is 24.9. The number of unbranched alkanes of at least 4 members (excludes halogenated alkanes) is 6. The minimum atomic E-state index is -0.801. The summed E-state index contributed by atoms with van der Waals surface area (Å²) < 4.78 is 36.1. The molecule has 0 fully saturated rings. The predicted octanol–water partition coefficient (Wildman–Crippen LogP) is 9.03.